The topological polar surface area (TPSA) is 72.4 Å². The van der Waals surface area contributed by atoms with Gasteiger partial charge in [0.2, 0.25) is 0 Å². The van der Waals surface area contributed by atoms with E-state index in [9.17, 15) is 4.79 Å². The van der Waals surface area contributed by atoms with Gasteiger partial charge in [-0.05, 0) is 18.6 Å². The van der Waals surface area contributed by atoms with Crippen molar-refractivity contribution in [1.29, 1.82) is 0 Å². The molecule has 0 spiro atoms. The van der Waals surface area contributed by atoms with Gasteiger partial charge in [0.05, 0.1) is 40.2 Å². The van der Waals surface area contributed by atoms with Gasteiger partial charge in [0.15, 0.2) is 0 Å². The first-order valence-corrected chi connectivity index (χ1v) is 8.05. The lowest BCUT2D eigenvalue weighted by molar-refractivity contribution is -0.123. The van der Waals surface area contributed by atoms with Gasteiger partial charge in [-0.15, -0.1) is 0 Å². The first-order valence-electron chi connectivity index (χ1n) is 8.05. The van der Waals surface area contributed by atoms with Gasteiger partial charge in [0, 0.05) is 24.2 Å². The Morgan fingerprint density at radius 2 is 2.08 bits per heavy atom. The Morgan fingerprint density at radius 3 is 2.71 bits per heavy atom. The minimum atomic E-state index is -0.142. The molecule has 1 heterocycles. The molecule has 7 heteroatoms. The van der Waals surface area contributed by atoms with E-state index >= 15 is 0 Å². The normalized spacial score (nSPS) is 15.5. The third-order valence-corrected chi connectivity index (χ3v) is 3.89. The highest BCUT2D eigenvalue weighted by atomic mass is 16.5. The molecule has 1 fully saturated rings. The summed E-state index contributed by atoms with van der Waals surface area (Å²) in [6.07, 6.45) is 2.37. The van der Waals surface area contributed by atoms with Crippen LogP contribution in [0.3, 0.4) is 0 Å². The second-order valence-corrected chi connectivity index (χ2v) is 5.40. The summed E-state index contributed by atoms with van der Waals surface area (Å²) >= 11 is 0. The number of morpholine rings is 1. The van der Waals surface area contributed by atoms with Gasteiger partial charge in [-0.3, -0.25) is 9.69 Å². The number of nitrogens with one attached hydrogen (secondary N) is 1. The average Bonchev–Trinajstić information content (AvgIpc) is 2.61. The quantitative estimate of drug-likeness (QED) is 0.596. The van der Waals surface area contributed by atoms with Crippen molar-refractivity contribution in [2.45, 2.75) is 13.3 Å². The standard InChI is InChI=1S/C17H25N3O4/c1-4-14-15(22-2)6-5-13(17(14)23-3)11-18-19-16(21)12-20-7-9-24-10-8-20/h5-6,11H,4,7-10,12H2,1-3H3,(H,19,21)/b18-11+. The van der Waals surface area contributed by atoms with Crippen LogP contribution >= 0.6 is 0 Å². The predicted molar refractivity (Wildman–Crippen MR) is 91.9 cm³/mol. The molecule has 0 aromatic heterocycles. The van der Waals surface area contributed by atoms with Gasteiger partial charge in [-0.25, -0.2) is 5.43 Å². The number of methoxy groups -OCH3 is 2. The molecule has 1 aliphatic heterocycles. The van der Waals surface area contributed by atoms with Crippen molar-refractivity contribution in [2.24, 2.45) is 5.10 Å². The summed E-state index contributed by atoms with van der Waals surface area (Å²) in [5, 5.41) is 4.04. The molecular formula is C17H25N3O4. The monoisotopic (exact) mass is 335 g/mol. The van der Waals surface area contributed by atoms with E-state index in [0.29, 0.717) is 25.5 Å². The van der Waals surface area contributed by atoms with Crippen LogP contribution in [0.1, 0.15) is 18.1 Å². The van der Waals surface area contributed by atoms with E-state index in [1.165, 1.54) is 0 Å². The molecule has 0 aliphatic carbocycles. The highest BCUT2D eigenvalue weighted by molar-refractivity contribution is 5.86. The van der Waals surface area contributed by atoms with E-state index in [2.05, 4.69) is 10.5 Å². The number of hydrazone groups is 1. The van der Waals surface area contributed by atoms with E-state index in [1.807, 2.05) is 24.0 Å². The van der Waals surface area contributed by atoms with E-state index in [1.54, 1.807) is 20.4 Å². The van der Waals surface area contributed by atoms with Crippen LogP contribution in [0.25, 0.3) is 0 Å². The summed E-state index contributed by atoms with van der Waals surface area (Å²) < 4.78 is 16.1. The molecule has 24 heavy (non-hydrogen) atoms. The molecule has 1 saturated heterocycles. The molecule has 1 amide bonds. The molecule has 1 aromatic rings. The largest absolute Gasteiger partial charge is 0.496 e. The Hall–Kier alpha value is -2.12. The minimum absolute atomic E-state index is 0.142. The maximum atomic E-state index is 11.9. The van der Waals surface area contributed by atoms with Gasteiger partial charge in [0.25, 0.3) is 5.91 Å². The van der Waals surface area contributed by atoms with Crippen LogP contribution in [-0.2, 0) is 16.0 Å². The number of amides is 1. The molecule has 0 bridgehead atoms. The maximum absolute atomic E-state index is 11.9. The van der Waals surface area contributed by atoms with E-state index in [0.717, 1.165) is 36.4 Å². The summed E-state index contributed by atoms with van der Waals surface area (Å²) in [7, 11) is 3.25. The highest BCUT2D eigenvalue weighted by Crippen LogP contribution is 2.31. The fraction of sp³-hybridized carbons (Fsp3) is 0.529. The van der Waals surface area contributed by atoms with Gasteiger partial charge >= 0.3 is 0 Å². The van der Waals surface area contributed by atoms with Crippen LogP contribution in [0.4, 0.5) is 0 Å². The van der Waals surface area contributed by atoms with E-state index in [4.69, 9.17) is 14.2 Å². The zero-order valence-electron chi connectivity index (χ0n) is 14.5. The zero-order chi connectivity index (χ0) is 17.4. The molecule has 0 atom stereocenters. The fourth-order valence-electron chi connectivity index (χ4n) is 2.67. The van der Waals surface area contributed by atoms with Crippen LogP contribution in [0.2, 0.25) is 0 Å². The van der Waals surface area contributed by atoms with Crippen LogP contribution in [0.15, 0.2) is 17.2 Å². The summed E-state index contributed by atoms with van der Waals surface area (Å²) in [6, 6.07) is 3.73. The summed E-state index contributed by atoms with van der Waals surface area (Å²) in [5.41, 5.74) is 4.33. The molecule has 1 aromatic carbocycles. The van der Waals surface area contributed by atoms with Crippen molar-refractivity contribution in [3.8, 4) is 11.5 Å². The van der Waals surface area contributed by atoms with E-state index < -0.39 is 0 Å². The second kappa shape index (κ2) is 9.24. The van der Waals surface area contributed by atoms with Crippen molar-refractivity contribution < 1.29 is 19.0 Å². The van der Waals surface area contributed by atoms with Crippen molar-refractivity contribution in [3.63, 3.8) is 0 Å². The maximum Gasteiger partial charge on any atom is 0.254 e. The lowest BCUT2D eigenvalue weighted by atomic mass is 10.1. The molecule has 7 nitrogen and oxygen atoms in total. The summed E-state index contributed by atoms with van der Waals surface area (Å²) in [6.45, 7) is 5.22. The SMILES string of the molecule is CCc1c(OC)ccc(/C=N/NC(=O)CN2CCOCC2)c1OC. The van der Waals surface area contributed by atoms with Crippen molar-refractivity contribution in [1.82, 2.24) is 10.3 Å². The fourth-order valence-corrected chi connectivity index (χ4v) is 2.67. The highest BCUT2D eigenvalue weighted by Gasteiger charge is 2.14. The van der Waals surface area contributed by atoms with Gasteiger partial charge in [-0.2, -0.15) is 5.10 Å². The molecule has 0 saturated carbocycles. The third kappa shape index (κ3) is 4.69. The number of benzene rings is 1. The minimum Gasteiger partial charge on any atom is -0.496 e. The first kappa shape index (κ1) is 18.2. The average molecular weight is 335 g/mol. The molecule has 132 valence electrons. The second-order valence-electron chi connectivity index (χ2n) is 5.40. The Morgan fingerprint density at radius 1 is 1.33 bits per heavy atom. The molecule has 0 unspecified atom stereocenters. The number of hydrogen-bond acceptors (Lipinski definition) is 6. The van der Waals surface area contributed by atoms with Gasteiger partial charge in [0.1, 0.15) is 11.5 Å². The van der Waals surface area contributed by atoms with Crippen molar-refractivity contribution in [3.05, 3.63) is 23.3 Å². The molecule has 0 radical (unpaired) electrons. The molecule has 2 rings (SSSR count). The zero-order valence-corrected chi connectivity index (χ0v) is 14.5. The Kier molecular flexibility index (Phi) is 7.02. The lowest BCUT2D eigenvalue weighted by Crippen LogP contribution is -2.42. The van der Waals surface area contributed by atoms with Crippen molar-refractivity contribution in [2.75, 3.05) is 47.1 Å². The van der Waals surface area contributed by atoms with Crippen LogP contribution < -0.4 is 14.9 Å². The summed E-state index contributed by atoms with van der Waals surface area (Å²) in [5.74, 6) is 1.35. The Labute approximate surface area is 142 Å². The predicted octanol–water partition coefficient (Wildman–Crippen LogP) is 1.05. The smallest absolute Gasteiger partial charge is 0.254 e. The van der Waals surface area contributed by atoms with Crippen molar-refractivity contribution >= 4 is 12.1 Å². The van der Waals surface area contributed by atoms with Crippen LogP contribution in [-0.4, -0.2) is 64.1 Å². The number of nitrogens with zero attached hydrogens (tertiary/aromatic N) is 2. The number of rotatable bonds is 7. The number of carbonyl (C=O) groups excluding carboxylic acids is 1. The number of carbonyl (C=O) groups is 1. The molecule has 1 aliphatic rings. The molecule has 1 N–H and O–H groups in total. The van der Waals surface area contributed by atoms with Gasteiger partial charge < -0.3 is 14.2 Å². The summed E-state index contributed by atoms with van der Waals surface area (Å²) in [4.78, 5) is 14.0. The van der Waals surface area contributed by atoms with Crippen LogP contribution in [0, 0.1) is 0 Å². The van der Waals surface area contributed by atoms with Crippen LogP contribution in [0.5, 0.6) is 11.5 Å². The van der Waals surface area contributed by atoms with Gasteiger partial charge in [-0.1, -0.05) is 6.92 Å². The molecular weight excluding hydrogens is 310 g/mol. The number of ether oxygens (including phenoxy) is 3. The third-order valence-electron chi connectivity index (χ3n) is 3.89. The number of hydrogen-bond donors (Lipinski definition) is 1. The Balaban J connectivity index is 1.99. The Bertz CT molecular complexity index is 583. The van der Waals surface area contributed by atoms with E-state index in [-0.39, 0.29) is 5.91 Å². The first-order chi connectivity index (χ1) is 11.7. The lowest BCUT2D eigenvalue weighted by Gasteiger charge is -2.25.